The minimum absolute atomic E-state index is 0.0562. The van der Waals surface area contributed by atoms with Crippen molar-refractivity contribution in [3.05, 3.63) is 70.0 Å². The average molecular weight is 377 g/mol. The van der Waals surface area contributed by atoms with Crippen LogP contribution in [0.1, 0.15) is 13.8 Å². The molecule has 22 heavy (non-hydrogen) atoms. The van der Waals surface area contributed by atoms with Gasteiger partial charge in [-0.1, -0.05) is 0 Å². The fourth-order valence-electron chi connectivity index (χ4n) is 1.77. The molecular formula is C18H18O2SSe. The summed E-state index contributed by atoms with van der Waals surface area (Å²) in [6.07, 6.45) is 0. The van der Waals surface area contributed by atoms with Gasteiger partial charge in [0.15, 0.2) is 0 Å². The van der Waals surface area contributed by atoms with E-state index in [0.717, 1.165) is 14.3 Å². The SMILES string of the molecule is CCOC(=O)/C([Se]c1ccccc1)=C(/C)Sc1ccccc1. The molecule has 0 aromatic heterocycles. The molecule has 0 aliphatic heterocycles. The summed E-state index contributed by atoms with van der Waals surface area (Å²) in [5, 5.41) is 0. The van der Waals surface area contributed by atoms with Gasteiger partial charge in [-0.15, -0.1) is 0 Å². The van der Waals surface area contributed by atoms with E-state index >= 15 is 0 Å². The molecule has 2 aromatic rings. The second-order valence-electron chi connectivity index (χ2n) is 4.44. The summed E-state index contributed by atoms with van der Waals surface area (Å²) in [6.45, 7) is 4.23. The van der Waals surface area contributed by atoms with Gasteiger partial charge in [0.1, 0.15) is 0 Å². The number of benzene rings is 2. The third-order valence-corrected chi connectivity index (χ3v) is 6.55. The van der Waals surface area contributed by atoms with Gasteiger partial charge < -0.3 is 0 Å². The van der Waals surface area contributed by atoms with Crippen LogP contribution in [0.2, 0.25) is 0 Å². The standard InChI is InChI=1S/C18H18O2SSe/c1-3-20-18(19)17(22-16-12-8-5-9-13-16)14(2)21-15-10-6-4-7-11-15/h4-13H,3H2,1-2H3/b17-14+. The number of hydrogen-bond acceptors (Lipinski definition) is 3. The summed E-state index contributed by atoms with van der Waals surface area (Å²) in [5.74, 6) is -0.202. The van der Waals surface area contributed by atoms with E-state index in [0.29, 0.717) is 6.61 Å². The van der Waals surface area contributed by atoms with Gasteiger partial charge in [-0.05, 0) is 0 Å². The van der Waals surface area contributed by atoms with Crippen LogP contribution in [-0.4, -0.2) is 27.5 Å². The van der Waals surface area contributed by atoms with Gasteiger partial charge in [0.2, 0.25) is 0 Å². The topological polar surface area (TPSA) is 26.3 Å². The van der Waals surface area contributed by atoms with E-state index in [9.17, 15) is 4.79 Å². The van der Waals surface area contributed by atoms with Crippen molar-refractivity contribution in [2.45, 2.75) is 18.7 Å². The predicted octanol–water partition coefficient (Wildman–Crippen LogP) is 3.60. The Morgan fingerprint density at radius 2 is 1.64 bits per heavy atom. The van der Waals surface area contributed by atoms with Crippen molar-refractivity contribution in [3.63, 3.8) is 0 Å². The summed E-state index contributed by atoms with van der Waals surface area (Å²) >= 11 is 1.56. The van der Waals surface area contributed by atoms with Gasteiger partial charge in [0.25, 0.3) is 0 Å². The Hall–Kier alpha value is -1.48. The zero-order chi connectivity index (χ0) is 15.8. The minimum atomic E-state index is -0.202. The number of carbonyl (C=O) groups is 1. The van der Waals surface area contributed by atoms with Crippen molar-refractivity contribution in [1.82, 2.24) is 0 Å². The molecule has 2 aromatic carbocycles. The normalized spacial score (nSPS) is 11.7. The van der Waals surface area contributed by atoms with Crippen LogP contribution in [0, 0.1) is 0 Å². The quantitative estimate of drug-likeness (QED) is 0.333. The van der Waals surface area contributed by atoms with Crippen molar-refractivity contribution in [2.24, 2.45) is 0 Å². The number of hydrogen-bond donors (Lipinski definition) is 0. The molecule has 0 aliphatic carbocycles. The van der Waals surface area contributed by atoms with Crippen LogP contribution in [0.3, 0.4) is 0 Å². The number of allylic oxidation sites excluding steroid dienone is 1. The molecule has 0 atom stereocenters. The van der Waals surface area contributed by atoms with E-state index in [1.165, 1.54) is 4.46 Å². The zero-order valence-corrected chi connectivity index (χ0v) is 15.1. The molecule has 0 heterocycles. The first kappa shape index (κ1) is 16.9. The molecule has 0 amide bonds. The number of rotatable bonds is 6. The average Bonchev–Trinajstić information content (AvgIpc) is 2.54. The predicted molar refractivity (Wildman–Crippen MR) is 93.5 cm³/mol. The molecule has 0 aliphatic rings. The third kappa shape index (κ3) is 5.06. The van der Waals surface area contributed by atoms with Crippen LogP contribution >= 0.6 is 11.8 Å². The van der Waals surface area contributed by atoms with E-state index in [2.05, 4.69) is 12.1 Å². The fraction of sp³-hybridized carbons (Fsp3) is 0.167. The van der Waals surface area contributed by atoms with Crippen molar-refractivity contribution in [2.75, 3.05) is 6.61 Å². The Kier molecular flexibility index (Phi) is 6.78. The fourth-order valence-corrected chi connectivity index (χ4v) is 4.78. The maximum absolute atomic E-state index is 12.3. The molecule has 114 valence electrons. The summed E-state index contributed by atoms with van der Waals surface area (Å²) in [7, 11) is 0. The van der Waals surface area contributed by atoms with Crippen LogP contribution in [0.15, 0.2) is 74.9 Å². The number of carbonyl (C=O) groups excluding carboxylic acids is 1. The molecule has 2 rings (SSSR count). The second kappa shape index (κ2) is 8.84. The molecular weight excluding hydrogens is 359 g/mol. The second-order valence-corrected chi connectivity index (χ2v) is 8.00. The van der Waals surface area contributed by atoms with E-state index < -0.39 is 0 Å². The monoisotopic (exact) mass is 378 g/mol. The van der Waals surface area contributed by atoms with E-state index in [-0.39, 0.29) is 20.9 Å². The Balaban J connectivity index is 2.25. The molecule has 0 bridgehead atoms. The van der Waals surface area contributed by atoms with Crippen LogP contribution in [0.25, 0.3) is 0 Å². The molecule has 4 heteroatoms. The van der Waals surface area contributed by atoms with E-state index in [4.69, 9.17) is 4.74 Å². The molecule has 0 saturated carbocycles. The van der Waals surface area contributed by atoms with Crippen LogP contribution < -0.4 is 4.46 Å². The van der Waals surface area contributed by atoms with Crippen molar-refractivity contribution < 1.29 is 9.53 Å². The molecule has 0 unspecified atom stereocenters. The molecule has 2 nitrogen and oxygen atoms in total. The van der Waals surface area contributed by atoms with Crippen molar-refractivity contribution in [1.29, 1.82) is 0 Å². The first-order chi connectivity index (χ1) is 10.7. The van der Waals surface area contributed by atoms with Crippen LogP contribution in [0.4, 0.5) is 0 Å². The Morgan fingerprint density at radius 3 is 2.23 bits per heavy atom. The third-order valence-electron chi connectivity index (χ3n) is 2.76. The number of thioether (sulfide) groups is 1. The van der Waals surface area contributed by atoms with Crippen LogP contribution in [0.5, 0.6) is 0 Å². The van der Waals surface area contributed by atoms with Crippen molar-refractivity contribution >= 4 is 37.1 Å². The summed E-state index contributed by atoms with van der Waals surface area (Å²) in [5.41, 5.74) is 0. The molecule has 0 fully saturated rings. The number of esters is 1. The summed E-state index contributed by atoms with van der Waals surface area (Å²) in [6, 6.07) is 20.2. The first-order valence-corrected chi connectivity index (χ1v) is 9.57. The number of ether oxygens (including phenoxy) is 1. The summed E-state index contributed by atoms with van der Waals surface area (Å²) in [4.78, 5) is 14.4. The summed E-state index contributed by atoms with van der Waals surface area (Å²) < 4.78 is 7.20. The van der Waals surface area contributed by atoms with Gasteiger partial charge in [-0.3, -0.25) is 0 Å². The Labute approximate surface area is 142 Å². The maximum atomic E-state index is 12.3. The molecule has 0 spiro atoms. The van der Waals surface area contributed by atoms with Gasteiger partial charge in [0.05, 0.1) is 0 Å². The molecule has 0 saturated heterocycles. The van der Waals surface area contributed by atoms with E-state index in [1.807, 2.05) is 62.4 Å². The zero-order valence-electron chi connectivity index (χ0n) is 12.6. The first-order valence-electron chi connectivity index (χ1n) is 7.04. The van der Waals surface area contributed by atoms with Gasteiger partial charge in [-0.25, -0.2) is 0 Å². The van der Waals surface area contributed by atoms with Gasteiger partial charge in [-0.2, -0.15) is 0 Å². The molecule has 0 radical (unpaired) electrons. The van der Waals surface area contributed by atoms with Crippen LogP contribution in [-0.2, 0) is 9.53 Å². The van der Waals surface area contributed by atoms with Gasteiger partial charge >= 0.3 is 142 Å². The Morgan fingerprint density at radius 1 is 1.05 bits per heavy atom. The van der Waals surface area contributed by atoms with Crippen molar-refractivity contribution in [3.8, 4) is 0 Å². The molecule has 0 N–H and O–H groups in total. The van der Waals surface area contributed by atoms with E-state index in [1.54, 1.807) is 11.8 Å². The van der Waals surface area contributed by atoms with Gasteiger partial charge in [0, 0.05) is 0 Å². The Bertz CT molecular complexity index is 639.